The quantitative estimate of drug-likeness (QED) is 0.373. The fraction of sp³-hybridized carbons (Fsp3) is 0.800. The molecule has 158 valence electrons. The molecule has 0 aromatic heterocycles. The van der Waals surface area contributed by atoms with Gasteiger partial charge in [-0.1, -0.05) is 45.4 Å². The van der Waals surface area contributed by atoms with Crippen LogP contribution < -0.4 is 10.6 Å². The maximum atomic E-state index is 12.5. The molecule has 0 bridgehead atoms. The summed E-state index contributed by atoms with van der Waals surface area (Å²) in [7, 11) is 0. The van der Waals surface area contributed by atoms with Crippen LogP contribution in [-0.4, -0.2) is 52.9 Å². The number of urea groups is 1. The highest BCUT2D eigenvalue weighted by molar-refractivity contribution is 6.08. The first kappa shape index (κ1) is 22.2. The van der Waals surface area contributed by atoms with E-state index in [-0.39, 0.29) is 11.9 Å². The van der Waals surface area contributed by atoms with Crippen LogP contribution in [0.4, 0.5) is 4.79 Å². The van der Waals surface area contributed by atoms with Crippen molar-refractivity contribution in [2.24, 2.45) is 0 Å². The summed E-state index contributed by atoms with van der Waals surface area (Å²) in [4.78, 5) is 50.0. The van der Waals surface area contributed by atoms with Crippen LogP contribution in [-0.2, 0) is 19.1 Å². The topological polar surface area (TPSA) is 105 Å². The highest BCUT2D eigenvalue weighted by Crippen LogP contribution is 2.23. The molecule has 4 amide bonds. The minimum Gasteiger partial charge on any atom is -0.451 e. The summed E-state index contributed by atoms with van der Waals surface area (Å²) in [6.45, 7) is 4.67. The molecule has 1 aliphatic carbocycles. The molecular formula is C20H33N3O5. The van der Waals surface area contributed by atoms with Gasteiger partial charge in [0, 0.05) is 6.04 Å². The predicted molar refractivity (Wildman–Crippen MR) is 103 cm³/mol. The molecule has 0 aromatic rings. The van der Waals surface area contributed by atoms with Crippen LogP contribution in [0.2, 0.25) is 0 Å². The van der Waals surface area contributed by atoms with Crippen LogP contribution in [0, 0.1) is 0 Å². The van der Waals surface area contributed by atoms with Gasteiger partial charge in [0.2, 0.25) is 0 Å². The summed E-state index contributed by atoms with van der Waals surface area (Å²) in [6.07, 6.45) is 7.64. The van der Waals surface area contributed by atoms with E-state index in [4.69, 9.17) is 4.74 Å². The Morgan fingerprint density at radius 3 is 2.50 bits per heavy atom. The van der Waals surface area contributed by atoms with Crippen LogP contribution in [0.5, 0.6) is 0 Å². The fourth-order valence-electron chi connectivity index (χ4n) is 3.75. The number of nitrogens with zero attached hydrogens (tertiary/aromatic N) is 1. The minimum atomic E-state index is -0.990. The van der Waals surface area contributed by atoms with Gasteiger partial charge in [-0.25, -0.2) is 4.79 Å². The number of rotatable bonds is 8. The van der Waals surface area contributed by atoms with Gasteiger partial charge in [-0.3, -0.25) is 19.3 Å². The van der Waals surface area contributed by atoms with Crippen LogP contribution in [0.15, 0.2) is 0 Å². The van der Waals surface area contributed by atoms with Crippen LogP contribution in [0.1, 0.15) is 78.6 Å². The van der Waals surface area contributed by atoms with Gasteiger partial charge < -0.3 is 15.4 Å². The second-order valence-electron chi connectivity index (χ2n) is 8.09. The monoisotopic (exact) mass is 395 g/mol. The van der Waals surface area contributed by atoms with E-state index in [2.05, 4.69) is 10.6 Å². The standard InChI is InChI=1S/C20H33N3O5/c1-4-5-12-20(3)18(26)23(19(27)22-20)13-16(24)28-14(2)17(25)21-15-10-8-6-7-9-11-15/h14-15H,4-13H2,1-3H3,(H,21,25)(H,22,27)/t14-,20-/m0/s1. The smallest absolute Gasteiger partial charge is 0.327 e. The van der Waals surface area contributed by atoms with Crippen LogP contribution in [0.3, 0.4) is 0 Å². The van der Waals surface area contributed by atoms with E-state index in [1.165, 1.54) is 19.8 Å². The Balaban J connectivity index is 1.84. The molecule has 2 rings (SSSR count). The number of nitrogens with one attached hydrogen (secondary N) is 2. The fourth-order valence-corrected chi connectivity index (χ4v) is 3.75. The zero-order valence-electron chi connectivity index (χ0n) is 17.2. The first-order valence-electron chi connectivity index (χ1n) is 10.4. The third-order valence-electron chi connectivity index (χ3n) is 5.54. The predicted octanol–water partition coefficient (Wildman–Crippen LogP) is 2.26. The second kappa shape index (κ2) is 9.89. The molecule has 1 saturated carbocycles. The number of hydrogen-bond donors (Lipinski definition) is 2. The number of amides is 4. The lowest BCUT2D eigenvalue weighted by molar-refractivity contribution is -0.156. The Bertz CT molecular complexity index is 601. The Morgan fingerprint density at radius 2 is 1.89 bits per heavy atom. The van der Waals surface area contributed by atoms with Crippen molar-refractivity contribution in [3.05, 3.63) is 0 Å². The molecule has 8 heteroatoms. The summed E-state index contributed by atoms with van der Waals surface area (Å²) >= 11 is 0. The van der Waals surface area contributed by atoms with E-state index in [1.54, 1.807) is 6.92 Å². The normalized spacial score (nSPS) is 24.5. The molecule has 2 N–H and O–H groups in total. The largest absolute Gasteiger partial charge is 0.451 e. The van der Waals surface area contributed by atoms with Gasteiger partial charge in [0.05, 0.1) is 0 Å². The number of carbonyl (C=O) groups is 4. The summed E-state index contributed by atoms with van der Waals surface area (Å²) in [6, 6.07) is -0.488. The summed E-state index contributed by atoms with van der Waals surface area (Å²) in [5.41, 5.74) is -0.990. The molecule has 0 radical (unpaired) electrons. The molecule has 1 saturated heterocycles. The van der Waals surface area contributed by atoms with Crippen molar-refractivity contribution in [2.75, 3.05) is 6.54 Å². The zero-order valence-corrected chi connectivity index (χ0v) is 17.2. The SMILES string of the molecule is CCCC[C@]1(C)NC(=O)N(CC(=O)O[C@@H](C)C(=O)NC2CCCCCC2)C1=O. The van der Waals surface area contributed by atoms with E-state index in [1.807, 2.05) is 6.92 Å². The van der Waals surface area contributed by atoms with Gasteiger partial charge in [-0.05, 0) is 33.1 Å². The van der Waals surface area contributed by atoms with Gasteiger partial charge in [0.25, 0.3) is 11.8 Å². The Kier molecular flexibility index (Phi) is 7.83. The summed E-state index contributed by atoms with van der Waals surface area (Å²) < 4.78 is 5.17. The van der Waals surface area contributed by atoms with Crippen molar-refractivity contribution in [1.82, 2.24) is 15.5 Å². The first-order chi connectivity index (χ1) is 13.3. The van der Waals surface area contributed by atoms with Crippen molar-refractivity contribution in [1.29, 1.82) is 0 Å². The van der Waals surface area contributed by atoms with Crippen molar-refractivity contribution in [2.45, 2.75) is 96.2 Å². The third-order valence-corrected chi connectivity index (χ3v) is 5.54. The molecule has 8 nitrogen and oxygen atoms in total. The first-order valence-corrected chi connectivity index (χ1v) is 10.4. The summed E-state index contributed by atoms with van der Waals surface area (Å²) in [5.74, 6) is -1.55. The van der Waals surface area contributed by atoms with Gasteiger partial charge in [-0.15, -0.1) is 0 Å². The minimum absolute atomic E-state index is 0.112. The van der Waals surface area contributed by atoms with Gasteiger partial charge >= 0.3 is 12.0 Å². The summed E-state index contributed by atoms with van der Waals surface area (Å²) in [5, 5.41) is 5.59. The molecule has 2 atom stereocenters. The Hall–Kier alpha value is -2.12. The van der Waals surface area contributed by atoms with Gasteiger partial charge in [0.15, 0.2) is 6.10 Å². The highest BCUT2D eigenvalue weighted by atomic mass is 16.5. The Morgan fingerprint density at radius 1 is 1.25 bits per heavy atom. The molecule has 0 spiro atoms. The lowest BCUT2D eigenvalue weighted by Gasteiger charge is -2.22. The van der Waals surface area contributed by atoms with E-state index < -0.39 is 36.1 Å². The number of unbranched alkanes of at least 4 members (excludes halogenated alkanes) is 1. The highest BCUT2D eigenvalue weighted by Gasteiger charge is 2.48. The lowest BCUT2D eigenvalue weighted by atomic mass is 9.95. The number of carbonyl (C=O) groups excluding carboxylic acids is 4. The zero-order chi connectivity index (χ0) is 20.7. The number of ether oxygens (including phenoxy) is 1. The average Bonchev–Trinajstić information content (AvgIpc) is 2.83. The van der Waals surface area contributed by atoms with E-state index in [0.29, 0.717) is 6.42 Å². The molecule has 0 aromatic carbocycles. The molecule has 1 aliphatic heterocycles. The number of imide groups is 1. The van der Waals surface area contributed by atoms with E-state index in [0.717, 1.165) is 43.4 Å². The van der Waals surface area contributed by atoms with E-state index >= 15 is 0 Å². The van der Waals surface area contributed by atoms with Crippen molar-refractivity contribution < 1.29 is 23.9 Å². The van der Waals surface area contributed by atoms with Crippen molar-refractivity contribution in [3.8, 4) is 0 Å². The molecule has 28 heavy (non-hydrogen) atoms. The molecule has 1 heterocycles. The number of esters is 1. The van der Waals surface area contributed by atoms with E-state index in [9.17, 15) is 19.2 Å². The maximum absolute atomic E-state index is 12.5. The Labute approximate surface area is 166 Å². The molecular weight excluding hydrogens is 362 g/mol. The lowest BCUT2D eigenvalue weighted by Crippen LogP contribution is -2.45. The van der Waals surface area contributed by atoms with Gasteiger partial charge in [0.1, 0.15) is 12.1 Å². The van der Waals surface area contributed by atoms with Crippen molar-refractivity contribution in [3.63, 3.8) is 0 Å². The number of hydrogen-bond acceptors (Lipinski definition) is 5. The second-order valence-corrected chi connectivity index (χ2v) is 8.09. The molecule has 0 unspecified atom stereocenters. The third kappa shape index (κ3) is 5.69. The van der Waals surface area contributed by atoms with Crippen LogP contribution in [0.25, 0.3) is 0 Å². The molecule has 2 aliphatic rings. The van der Waals surface area contributed by atoms with Crippen LogP contribution >= 0.6 is 0 Å². The van der Waals surface area contributed by atoms with Crippen molar-refractivity contribution >= 4 is 23.8 Å². The average molecular weight is 396 g/mol. The van der Waals surface area contributed by atoms with Gasteiger partial charge in [-0.2, -0.15) is 0 Å². The molecule has 2 fully saturated rings. The maximum Gasteiger partial charge on any atom is 0.327 e.